The van der Waals surface area contributed by atoms with Crippen molar-refractivity contribution >= 4 is 40.9 Å². The van der Waals surface area contributed by atoms with E-state index in [1.54, 1.807) is 18.2 Å². The van der Waals surface area contributed by atoms with Crippen LogP contribution in [0.15, 0.2) is 48.5 Å². The van der Waals surface area contributed by atoms with Crippen LogP contribution in [0.25, 0.3) is 10.1 Å². The van der Waals surface area contributed by atoms with Crippen molar-refractivity contribution in [2.75, 3.05) is 26.9 Å². The Bertz CT molecular complexity index is 1280. The molecule has 2 unspecified atom stereocenters. The fourth-order valence-corrected chi connectivity index (χ4v) is 6.10. The average molecular weight is 554 g/mol. The van der Waals surface area contributed by atoms with Gasteiger partial charge >= 0.3 is 19.5 Å². The number of aromatic carboxylic acids is 1. The number of ether oxygens (including phenoxy) is 3. The van der Waals surface area contributed by atoms with Gasteiger partial charge < -0.3 is 23.8 Å². The van der Waals surface area contributed by atoms with Gasteiger partial charge in [0.05, 0.1) is 13.2 Å². The highest BCUT2D eigenvalue weighted by Crippen LogP contribution is 2.58. The molecular weight excluding hydrogens is 524 g/mol. The van der Waals surface area contributed by atoms with E-state index < -0.39 is 31.4 Å². The van der Waals surface area contributed by atoms with E-state index in [2.05, 4.69) is 5.09 Å². The smallest absolute Gasteiger partial charge is 0.355 e. The number of carbonyl (C=O) groups is 2. The van der Waals surface area contributed by atoms with E-state index >= 15 is 4.39 Å². The normalized spacial score (nSPS) is 14.5. The standard InChI is InChI=1S/C25H29FNO8PS/c1-4-10-34-25(30)16(2)27-36(31,35-20-7-5-6-19(15-20)33-12-11-32-3)23(26)17-8-9-21-18(13-17)14-22(37-21)24(28)29/h5-9,13-16,23H,4,10-12H2,1-3H3,(H,27,31)(H,28,29)/t16?,23-,36?/m1/s1. The number of nitrogens with one attached hydrogen (secondary N) is 1. The first-order valence-electron chi connectivity index (χ1n) is 11.5. The van der Waals surface area contributed by atoms with Crippen LogP contribution >= 0.6 is 18.9 Å². The number of carboxylic acid groups (broad SMARTS) is 1. The number of fused-ring (bicyclic) bond motifs is 1. The quantitative estimate of drug-likeness (QED) is 0.145. The minimum Gasteiger partial charge on any atom is -0.491 e. The molecule has 0 bridgehead atoms. The molecule has 0 aliphatic rings. The molecule has 0 fully saturated rings. The van der Waals surface area contributed by atoms with Crippen LogP contribution in [0.2, 0.25) is 0 Å². The first kappa shape index (κ1) is 28.6. The Morgan fingerprint density at radius 2 is 1.86 bits per heavy atom. The second-order valence-electron chi connectivity index (χ2n) is 8.07. The van der Waals surface area contributed by atoms with E-state index in [-0.39, 0.29) is 29.4 Å². The van der Waals surface area contributed by atoms with E-state index in [1.165, 1.54) is 44.4 Å². The van der Waals surface area contributed by atoms with Gasteiger partial charge in [-0.2, -0.15) is 0 Å². The zero-order valence-electron chi connectivity index (χ0n) is 20.6. The summed E-state index contributed by atoms with van der Waals surface area (Å²) in [6, 6.07) is 10.9. The van der Waals surface area contributed by atoms with Crippen molar-refractivity contribution in [2.45, 2.75) is 32.2 Å². The van der Waals surface area contributed by atoms with E-state index in [1.807, 2.05) is 6.92 Å². The van der Waals surface area contributed by atoms with Crippen LogP contribution in [0.5, 0.6) is 11.5 Å². The number of carboxylic acids is 1. The Morgan fingerprint density at radius 1 is 1.11 bits per heavy atom. The minimum atomic E-state index is -4.45. The van der Waals surface area contributed by atoms with E-state index in [0.29, 0.717) is 28.9 Å². The SMILES string of the molecule is CCCOC(=O)C(C)NP(=O)(Oc1cccc(OCCOC)c1)[C@@H](F)c1ccc2sc(C(=O)O)cc2c1. The average Bonchev–Trinajstić information content (AvgIpc) is 3.31. The van der Waals surface area contributed by atoms with Crippen molar-refractivity contribution in [1.82, 2.24) is 5.09 Å². The number of benzene rings is 2. The van der Waals surface area contributed by atoms with Crippen LogP contribution in [-0.2, 0) is 18.8 Å². The van der Waals surface area contributed by atoms with Gasteiger partial charge in [0.15, 0.2) is 0 Å². The number of esters is 1. The molecule has 12 heteroatoms. The Morgan fingerprint density at radius 3 is 2.57 bits per heavy atom. The van der Waals surface area contributed by atoms with Crippen LogP contribution in [0.3, 0.4) is 0 Å². The van der Waals surface area contributed by atoms with Gasteiger partial charge in [0.1, 0.15) is 29.0 Å². The molecule has 0 amide bonds. The van der Waals surface area contributed by atoms with Crippen LogP contribution < -0.4 is 14.3 Å². The maximum atomic E-state index is 16.0. The molecule has 9 nitrogen and oxygen atoms in total. The molecule has 0 saturated carbocycles. The lowest BCUT2D eigenvalue weighted by Crippen LogP contribution is -2.35. The minimum absolute atomic E-state index is 0.000281. The van der Waals surface area contributed by atoms with Crippen LogP contribution in [-0.4, -0.2) is 50.0 Å². The predicted octanol–water partition coefficient (Wildman–Crippen LogP) is 5.80. The summed E-state index contributed by atoms with van der Waals surface area (Å²) in [5, 5.41) is 12.3. The summed E-state index contributed by atoms with van der Waals surface area (Å²) >= 11 is 1.05. The highest BCUT2D eigenvalue weighted by atomic mass is 32.1. The van der Waals surface area contributed by atoms with E-state index in [9.17, 15) is 19.3 Å². The largest absolute Gasteiger partial charge is 0.491 e. The predicted molar refractivity (Wildman–Crippen MR) is 139 cm³/mol. The van der Waals surface area contributed by atoms with Crippen molar-refractivity contribution in [2.24, 2.45) is 0 Å². The third-order valence-electron chi connectivity index (χ3n) is 5.10. The Balaban J connectivity index is 1.93. The zero-order valence-corrected chi connectivity index (χ0v) is 22.4. The molecule has 0 aliphatic carbocycles. The van der Waals surface area contributed by atoms with Gasteiger partial charge in [-0.3, -0.25) is 9.36 Å². The summed E-state index contributed by atoms with van der Waals surface area (Å²) in [7, 11) is -2.91. The van der Waals surface area contributed by atoms with Gasteiger partial charge in [0.2, 0.25) is 5.91 Å². The Kier molecular flexibility index (Phi) is 10.0. The summed E-state index contributed by atoms with van der Waals surface area (Å²) < 4.78 is 52.0. The lowest BCUT2D eigenvalue weighted by molar-refractivity contribution is -0.145. The van der Waals surface area contributed by atoms with Gasteiger partial charge in [-0.25, -0.2) is 14.3 Å². The van der Waals surface area contributed by atoms with Crippen LogP contribution in [0, 0.1) is 0 Å². The highest BCUT2D eigenvalue weighted by molar-refractivity contribution is 7.57. The first-order valence-corrected chi connectivity index (χ1v) is 14.0. The molecule has 200 valence electrons. The van der Waals surface area contributed by atoms with Crippen molar-refractivity contribution < 1.29 is 42.4 Å². The molecule has 2 N–H and O–H groups in total. The summed E-state index contributed by atoms with van der Waals surface area (Å²) in [6.45, 7) is 4.02. The third kappa shape index (κ3) is 7.52. The summed E-state index contributed by atoms with van der Waals surface area (Å²) in [5.41, 5.74) is -0.000281. The number of alkyl halides is 1. The molecule has 37 heavy (non-hydrogen) atoms. The topological polar surface area (TPSA) is 120 Å². The molecule has 2 aromatic carbocycles. The van der Waals surface area contributed by atoms with E-state index in [4.69, 9.17) is 18.7 Å². The molecule has 1 heterocycles. The molecule has 0 aliphatic heterocycles. The number of carbonyl (C=O) groups excluding carboxylic acids is 1. The number of hydrogen-bond acceptors (Lipinski definition) is 8. The molecule has 3 aromatic rings. The number of halogens is 1. The highest BCUT2D eigenvalue weighted by Gasteiger charge is 2.41. The zero-order chi connectivity index (χ0) is 27.0. The van der Waals surface area contributed by atoms with Gasteiger partial charge in [0, 0.05) is 17.9 Å². The molecule has 0 radical (unpaired) electrons. The van der Waals surface area contributed by atoms with Crippen molar-refractivity contribution in [3.05, 3.63) is 59.0 Å². The van der Waals surface area contributed by atoms with Crippen molar-refractivity contribution in [3.63, 3.8) is 0 Å². The molecule has 0 saturated heterocycles. The molecule has 1 aromatic heterocycles. The second kappa shape index (κ2) is 13.0. The van der Waals surface area contributed by atoms with Crippen molar-refractivity contribution in [1.29, 1.82) is 0 Å². The van der Waals surface area contributed by atoms with Gasteiger partial charge in [-0.1, -0.05) is 19.1 Å². The van der Waals surface area contributed by atoms with Crippen LogP contribution in [0.1, 0.15) is 41.4 Å². The maximum Gasteiger partial charge on any atom is 0.355 e. The number of thiophene rings is 1. The summed E-state index contributed by atoms with van der Waals surface area (Å²) in [6.07, 6.45) is 0.590. The second-order valence-corrected chi connectivity index (χ2v) is 11.2. The number of hydrogen-bond donors (Lipinski definition) is 2. The summed E-state index contributed by atoms with van der Waals surface area (Å²) in [4.78, 5) is 23.8. The van der Waals surface area contributed by atoms with E-state index in [0.717, 1.165) is 11.3 Å². The lowest BCUT2D eigenvalue weighted by atomic mass is 10.2. The first-order chi connectivity index (χ1) is 17.7. The van der Waals surface area contributed by atoms with Crippen molar-refractivity contribution in [3.8, 4) is 11.5 Å². The summed E-state index contributed by atoms with van der Waals surface area (Å²) in [5.74, 6) is -3.53. The number of methoxy groups -OCH3 is 1. The monoisotopic (exact) mass is 553 g/mol. The molecule has 3 atom stereocenters. The fourth-order valence-electron chi connectivity index (χ4n) is 3.32. The maximum absolute atomic E-state index is 16.0. The third-order valence-corrected chi connectivity index (χ3v) is 8.33. The Labute approximate surface area is 218 Å². The van der Waals surface area contributed by atoms with Gasteiger partial charge in [0.25, 0.3) is 0 Å². The fraction of sp³-hybridized carbons (Fsp3) is 0.360. The Hall–Kier alpha value is -2.98. The molecule has 0 spiro atoms. The van der Waals surface area contributed by atoms with Gasteiger partial charge in [-0.15, -0.1) is 11.3 Å². The van der Waals surface area contributed by atoms with Gasteiger partial charge in [-0.05, 0) is 54.6 Å². The van der Waals surface area contributed by atoms with Crippen LogP contribution in [0.4, 0.5) is 4.39 Å². The molecular formula is C25H29FNO8PS. The number of rotatable bonds is 14. The lowest BCUT2D eigenvalue weighted by Gasteiger charge is -2.26. The molecule has 3 rings (SSSR count).